The third-order valence-corrected chi connectivity index (χ3v) is 3.84. The van der Waals surface area contributed by atoms with Crippen LogP contribution in [0.4, 0.5) is 0 Å². The van der Waals surface area contributed by atoms with E-state index < -0.39 is 29.1 Å². The standard InChI is InChI=1S/C11H19NO4S/c1-5-11(3,4)10(16)17-7(2)9(15)12-6-8(13)14/h7H,5-6H2,1-4H3,(H,12,15)(H,13,14). The number of hydrogen-bond acceptors (Lipinski definition) is 4. The third kappa shape index (κ3) is 5.72. The first-order chi connectivity index (χ1) is 7.70. The molecule has 0 aliphatic heterocycles. The molecule has 98 valence electrons. The van der Waals surface area contributed by atoms with Gasteiger partial charge in [-0.2, -0.15) is 0 Å². The summed E-state index contributed by atoms with van der Waals surface area (Å²) in [5.74, 6) is -1.53. The predicted molar refractivity (Wildman–Crippen MR) is 66.8 cm³/mol. The summed E-state index contributed by atoms with van der Waals surface area (Å²) >= 11 is 0.947. The number of aliphatic carboxylic acids is 1. The van der Waals surface area contributed by atoms with Crippen LogP contribution in [0.25, 0.3) is 0 Å². The van der Waals surface area contributed by atoms with E-state index in [4.69, 9.17) is 5.11 Å². The molecule has 0 heterocycles. The van der Waals surface area contributed by atoms with Gasteiger partial charge in [-0.05, 0) is 13.3 Å². The van der Waals surface area contributed by atoms with Crippen LogP contribution in [0.2, 0.25) is 0 Å². The Hall–Kier alpha value is -1.04. The van der Waals surface area contributed by atoms with Gasteiger partial charge in [-0.1, -0.05) is 32.5 Å². The Labute approximate surface area is 105 Å². The van der Waals surface area contributed by atoms with Crippen LogP contribution in [0.5, 0.6) is 0 Å². The molecule has 6 heteroatoms. The number of carbonyl (C=O) groups is 3. The zero-order valence-corrected chi connectivity index (χ0v) is 11.4. The van der Waals surface area contributed by atoms with Crippen LogP contribution in [-0.2, 0) is 14.4 Å². The molecule has 1 amide bonds. The summed E-state index contributed by atoms with van der Waals surface area (Å²) in [6.45, 7) is 6.72. The monoisotopic (exact) mass is 261 g/mol. The van der Waals surface area contributed by atoms with Crippen molar-refractivity contribution in [1.29, 1.82) is 0 Å². The van der Waals surface area contributed by atoms with Crippen molar-refractivity contribution in [3.05, 3.63) is 0 Å². The molecule has 0 bridgehead atoms. The summed E-state index contributed by atoms with van der Waals surface area (Å²) in [5.41, 5.74) is -0.466. The number of carbonyl (C=O) groups excluding carboxylic acids is 2. The Kier molecular flexibility index (Phi) is 6.23. The summed E-state index contributed by atoms with van der Waals surface area (Å²) in [6.07, 6.45) is 0.697. The first-order valence-corrected chi connectivity index (χ1v) is 6.29. The molecule has 0 saturated carbocycles. The van der Waals surface area contributed by atoms with Gasteiger partial charge in [-0.3, -0.25) is 14.4 Å². The van der Waals surface area contributed by atoms with Crippen LogP contribution in [0.1, 0.15) is 34.1 Å². The Bertz CT molecular complexity index is 315. The summed E-state index contributed by atoms with van der Waals surface area (Å²) in [4.78, 5) is 33.5. The van der Waals surface area contributed by atoms with Crippen LogP contribution in [0.3, 0.4) is 0 Å². The Morgan fingerprint density at radius 1 is 1.35 bits per heavy atom. The maximum Gasteiger partial charge on any atom is 0.322 e. The van der Waals surface area contributed by atoms with Gasteiger partial charge < -0.3 is 10.4 Å². The quantitative estimate of drug-likeness (QED) is 0.752. The fourth-order valence-corrected chi connectivity index (χ4v) is 1.80. The maximum atomic E-state index is 11.8. The number of rotatable bonds is 6. The molecule has 0 saturated heterocycles. The average molecular weight is 261 g/mol. The first-order valence-electron chi connectivity index (χ1n) is 5.41. The number of thioether (sulfide) groups is 1. The van der Waals surface area contributed by atoms with Crippen LogP contribution < -0.4 is 5.32 Å². The third-order valence-electron chi connectivity index (χ3n) is 2.50. The minimum atomic E-state index is -1.10. The zero-order chi connectivity index (χ0) is 13.6. The van der Waals surface area contributed by atoms with E-state index in [-0.39, 0.29) is 5.12 Å². The van der Waals surface area contributed by atoms with Crippen molar-refractivity contribution < 1.29 is 19.5 Å². The van der Waals surface area contributed by atoms with E-state index in [1.54, 1.807) is 6.92 Å². The molecule has 0 rings (SSSR count). The molecule has 1 atom stereocenters. The smallest absolute Gasteiger partial charge is 0.322 e. The average Bonchev–Trinajstić information content (AvgIpc) is 2.25. The largest absolute Gasteiger partial charge is 0.480 e. The van der Waals surface area contributed by atoms with E-state index in [2.05, 4.69) is 5.32 Å². The molecular formula is C11H19NO4S. The van der Waals surface area contributed by atoms with Gasteiger partial charge >= 0.3 is 5.97 Å². The maximum absolute atomic E-state index is 11.8. The molecule has 0 spiro atoms. The molecule has 0 aromatic carbocycles. The fraction of sp³-hybridized carbons (Fsp3) is 0.727. The van der Waals surface area contributed by atoms with Crippen LogP contribution in [0, 0.1) is 5.41 Å². The first kappa shape index (κ1) is 16.0. The molecular weight excluding hydrogens is 242 g/mol. The lowest BCUT2D eigenvalue weighted by atomic mass is 9.92. The highest BCUT2D eigenvalue weighted by molar-refractivity contribution is 8.14. The Balaban J connectivity index is 4.25. The van der Waals surface area contributed by atoms with Gasteiger partial charge in [0.05, 0.1) is 5.25 Å². The summed E-state index contributed by atoms with van der Waals surface area (Å²) in [5, 5.41) is 10.0. The van der Waals surface area contributed by atoms with E-state index >= 15 is 0 Å². The Morgan fingerprint density at radius 2 is 1.88 bits per heavy atom. The van der Waals surface area contributed by atoms with E-state index in [1.807, 2.05) is 20.8 Å². The van der Waals surface area contributed by atoms with E-state index in [0.717, 1.165) is 11.8 Å². The van der Waals surface area contributed by atoms with Gasteiger partial charge in [0.1, 0.15) is 6.54 Å². The molecule has 0 aliphatic rings. The number of nitrogens with one attached hydrogen (secondary N) is 1. The van der Waals surface area contributed by atoms with E-state index in [9.17, 15) is 14.4 Å². The van der Waals surface area contributed by atoms with Gasteiger partial charge in [-0.25, -0.2) is 0 Å². The second-order valence-corrected chi connectivity index (χ2v) is 5.71. The van der Waals surface area contributed by atoms with E-state index in [0.29, 0.717) is 6.42 Å². The van der Waals surface area contributed by atoms with Gasteiger partial charge in [-0.15, -0.1) is 0 Å². The summed E-state index contributed by atoms with van der Waals surface area (Å²) < 4.78 is 0. The van der Waals surface area contributed by atoms with Crippen molar-refractivity contribution in [1.82, 2.24) is 5.32 Å². The second kappa shape index (κ2) is 6.64. The highest BCUT2D eigenvalue weighted by atomic mass is 32.2. The van der Waals surface area contributed by atoms with Gasteiger partial charge in [0.2, 0.25) is 5.91 Å². The Morgan fingerprint density at radius 3 is 2.29 bits per heavy atom. The molecule has 0 radical (unpaired) electrons. The number of carboxylic acid groups (broad SMARTS) is 1. The van der Waals surface area contributed by atoms with Crippen molar-refractivity contribution in [2.45, 2.75) is 39.4 Å². The molecule has 0 fully saturated rings. The van der Waals surface area contributed by atoms with Crippen LogP contribution >= 0.6 is 11.8 Å². The van der Waals surface area contributed by atoms with Crippen molar-refractivity contribution >= 4 is 28.8 Å². The molecule has 5 nitrogen and oxygen atoms in total. The lowest BCUT2D eigenvalue weighted by Crippen LogP contribution is -2.36. The normalized spacial score (nSPS) is 12.9. The fourth-order valence-electron chi connectivity index (χ4n) is 0.824. The van der Waals surface area contributed by atoms with E-state index in [1.165, 1.54) is 0 Å². The summed E-state index contributed by atoms with van der Waals surface area (Å²) in [7, 11) is 0. The minimum absolute atomic E-state index is 0.0574. The lowest BCUT2D eigenvalue weighted by molar-refractivity contribution is -0.137. The van der Waals surface area contributed by atoms with Crippen molar-refractivity contribution in [2.75, 3.05) is 6.54 Å². The van der Waals surface area contributed by atoms with Crippen molar-refractivity contribution in [3.8, 4) is 0 Å². The molecule has 0 aromatic heterocycles. The van der Waals surface area contributed by atoms with Gasteiger partial charge in [0.15, 0.2) is 5.12 Å². The molecule has 2 N–H and O–H groups in total. The molecule has 17 heavy (non-hydrogen) atoms. The minimum Gasteiger partial charge on any atom is -0.480 e. The lowest BCUT2D eigenvalue weighted by Gasteiger charge is -2.21. The van der Waals surface area contributed by atoms with Crippen molar-refractivity contribution in [2.24, 2.45) is 5.41 Å². The van der Waals surface area contributed by atoms with Gasteiger partial charge in [0.25, 0.3) is 0 Å². The number of hydrogen-bond donors (Lipinski definition) is 2. The molecule has 0 aliphatic carbocycles. The molecule has 0 aromatic rings. The van der Waals surface area contributed by atoms with Crippen molar-refractivity contribution in [3.63, 3.8) is 0 Å². The SMILES string of the molecule is CCC(C)(C)C(=O)SC(C)C(=O)NCC(=O)O. The second-order valence-electron chi connectivity index (χ2n) is 4.40. The summed E-state index contributed by atoms with van der Waals surface area (Å²) in [6, 6.07) is 0. The van der Waals surface area contributed by atoms with Gasteiger partial charge in [0, 0.05) is 5.41 Å². The zero-order valence-electron chi connectivity index (χ0n) is 10.6. The highest BCUT2D eigenvalue weighted by Gasteiger charge is 2.29. The van der Waals surface area contributed by atoms with Crippen LogP contribution in [0.15, 0.2) is 0 Å². The molecule has 1 unspecified atom stereocenters. The number of carboxylic acids is 1. The predicted octanol–water partition coefficient (Wildman–Crippen LogP) is 1.27. The highest BCUT2D eigenvalue weighted by Crippen LogP contribution is 2.29. The topological polar surface area (TPSA) is 83.5 Å². The number of amides is 1. The van der Waals surface area contributed by atoms with Crippen LogP contribution in [-0.4, -0.2) is 33.9 Å².